The standard InChI is InChI=1S/C16H19FN2O3/c17-12-3-1-10(2-4-12)9-18-15(22)19-13-7-16(8-13)5-11(6-16)14(20)21/h1-4,11,13H,5-9H2,(H,20,21)(H2,18,19,22). The minimum atomic E-state index is -0.709. The van der Waals surface area contributed by atoms with Crippen molar-refractivity contribution in [1.82, 2.24) is 10.6 Å². The van der Waals surface area contributed by atoms with Gasteiger partial charge in [0.05, 0.1) is 5.92 Å². The zero-order valence-corrected chi connectivity index (χ0v) is 12.1. The van der Waals surface area contributed by atoms with E-state index in [1.165, 1.54) is 12.1 Å². The van der Waals surface area contributed by atoms with Crippen molar-refractivity contribution in [2.24, 2.45) is 11.3 Å². The molecular formula is C16H19FN2O3. The Hall–Kier alpha value is -2.11. The average molecular weight is 306 g/mol. The second-order valence-corrected chi connectivity index (χ2v) is 6.50. The summed E-state index contributed by atoms with van der Waals surface area (Å²) in [5.74, 6) is -1.21. The second kappa shape index (κ2) is 5.59. The Morgan fingerprint density at radius 2 is 1.82 bits per heavy atom. The fourth-order valence-corrected chi connectivity index (χ4v) is 3.60. The van der Waals surface area contributed by atoms with Crippen LogP contribution in [0.4, 0.5) is 9.18 Å². The van der Waals surface area contributed by atoms with Crippen LogP contribution in [0.25, 0.3) is 0 Å². The van der Waals surface area contributed by atoms with Gasteiger partial charge in [-0.15, -0.1) is 0 Å². The van der Waals surface area contributed by atoms with Gasteiger partial charge in [0.2, 0.25) is 0 Å². The number of hydrogen-bond donors (Lipinski definition) is 3. The van der Waals surface area contributed by atoms with Crippen LogP contribution in [0.15, 0.2) is 24.3 Å². The third-order valence-corrected chi connectivity index (χ3v) is 4.77. The molecule has 2 aliphatic carbocycles. The summed E-state index contributed by atoms with van der Waals surface area (Å²) in [7, 11) is 0. The summed E-state index contributed by atoms with van der Waals surface area (Å²) in [5, 5.41) is 14.5. The minimum absolute atomic E-state index is 0.128. The molecule has 2 fully saturated rings. The maximum absolute atomic E-state index is 12.8. The zero-order valence-electron chi connectivity index (χ0n) is 12.1. The summed E-state index contributed by atoms with van der Waals surface area (Å²) in [5.41, 5.74) is 0.989. The van der Waals surface area contributed by atoms with Gasteiger partial charge in [-0.3, -0.25) is 4.79 Å². The minimum Gasteiger partial charge on any atom is -0.481 e. The van der Waals surface area contributed by atoms with E-state index in [4.69, 9.17) is 5.11 Å². The number of benzene rings is 1. The van der Waals surface area contributed by atoms with Crippen LogP contribution in [0, 0.1) is 17.2 Å². The van der Waals surface area contributed by atoms with E-state index < -0.39 is 5.97 Å². The van der Waals surface area contributed by atoms with E-state index in [0.717, 1.165) is 31.2 Å². The normalized spacial score (nSPS) is 29.3. The fraction of sp³-hybridized carbons (Fsp3) is 0.500. The summed E-state index contributed by atoms with van der Waals surface area (Å²) >= 11 is 0. The van der Waals surface area contributed by atoms with Crippen molar-refractivity contribution in [3.8, 4) is 0 Å². The number of carboxylic acid groups (broad SMARTS) is 1. The largest absolute Gasteiger partial charge is 0.481 e. The van der Waals surface area contributed by atoms with Crippen LogP contribution >= 0.6 is 0 Å². The van der Waals surface area contributed by atoms with E-state index in [1.54, 1.807) is 12.1 Å². The molecule has 1 spiro atoms. The molecule has 0 bridgehead atoms. The van der Waals surface area contributed by atoms with Gasteiger partial charge in [0.15, 0.2) is 0 Å². The lowest BCUT2D eigenvalue weighted by atomic mass is 9.50. The number of aliphatic carboxylic acids is 1. The van der Waals surface area contributed by atoms with Crippen molar-refractivity contribution >= 4 is 12.0 Å². The Balaban J connectivity index is 1.36. The zero-order chi connectivity index (χ0) is 15.7. The Bertz CT molecular complexity index is 574. The maximum Gasteiger partial charge on any atom is 0.315 e. The summed E-state index contributed by atoms with van der Waals surface area (Å²) in [6.45, 7) is 0.352. The molecule has 118 valence electrons. The van der Waals surface area contributed by atoms with Crippen molar-refractivity contribution in [2.75, 3.05) is 0 Å². The van der Waals surface area contributed by atoms with E-state index in [2.05, 4.69) is 10.6 Å². The Morgan fingerprint density at radius 3 is 2.41 bits per heavy atom. The first-order valence-corrected chi connectivity index (χ1v) is 7.47. The van der Waals surface area contributed by atoms with Crippen molar-refractivity contribution in [2.45, 2.75) is 38.3 Å². The van der Waals surface area contributed by atoms with Crippen LogP contribution in [-0.4, -0.2) is 23.1 Å². The predicted molar refractivity (Wildman–Crippen MR) is 77.6 cm³/mol. The first-order chi connectivity index (χ1) is 10.5. The van der Waals surface area contributed by atoms with Crippen LogP contribution < -0.4 is 10.6 Å². The molecule has 0 atom stereocenters. The maximum atomic E-state index is 12.8. The van der Waals surface area contributed by atoms with E-state index in [0.29, 0.717) is 6.54 Å². The van der Waals surface area contributed by atoms with Gasteiger partial charge in [0.1, 0.15) is 5.82 Å². The van der Waals surface area contributed by atoms with Crippen LogP contribution in [0.2, 0.25) is 0 Å². The lowest BCUT2D eigenvalue weighted by molar-refractivity contribution is -0.155. The van der Waals surface area contributed by atoms with Crippen molar-refractivity contribution in [1.29, 1.82) is 0 Å². The highest BCUT2D eigenvalue weighted by Crippen LogP contribution is 2.58. The molecule has 2 aliphatic rings. The average Bonchev–Trinajstić information content (AvgIpc) is 2.38. The van der Waals surface area contributed by atoms with E-state index in [-0.39, 0.29) is 29.2 Å². The van der Waals surface area contributed by atoms with Crippen molar-refractivity contribution < 1.29 is 19.1 Å². The Morgan fingerprint density at radius 1 is 1.18 bits per heavy atom. The Kier molecular flexibility index (Phi) is 3.76. The molecule has 2 saturated carbocycles. The second-order valence-electron chi connectivity index (χ2n) is 6.50. The number of urea groups is 1. The molecule has 0 aromatic heterocycles. The van der Waals surface area contributed by atoms with Crippen LogP contribution in [0.3, 0.4) is 0 Å². The summed E-state index contributed by atoms with van der Waals surface area (Å²) < 4.78 is 12.8. The number of rotatable bonds is 4. The summed E-state index contributed by atoms with van der Waals surface area (Å²) in [6, 6.07) is 5.88. The number of amides is 2. The van der Waals surface area contributed by atoms with Gasteiger partial charge in [0, 0.05) is 12.6 Å². The molecule has 5 nitrogen and oxygen atoms in total. The predicted octanol–water partition coefficient (Wildman–Crippen LogP) is 2.27. The van der Waals surface area contributed by atoms with E-state index >= 15 is 0 Å². The molecule has 0 unspecified atom stereocenters. The van der Waals surface area contributed by atoms with Gasteiger partial charge in [-0.25, -0.2) is 9.18 Å². The number of nitrogens with one attached hydrogen (secondary N) is 2. The lowest BCUT2D eigenvalue weighted by Gasteiger charge is -2.56. The van der Waals surface area contributed by atoms with Gasteiger partial charge in [0.25, 0.3) is 0 Å². The topological polar surface area (TPSA) is 78.4 Å². The van der Waals surface area contributed by atoms with Crippen LogP contribution in [0.5, 0.6) is 0 Å². The van der Waals surface area contributed by atoms with Crippen LogP contribution in [0.1, 0.15) is 31.2 Å². The molecule has 3 rings (SSSR count). The molecule has 1 aromatic carbocycles. The molecule has 0 heterocycles. The monoisotopic (exact) mass is 306 g/mol. The highest BCUT2D eigenvalue weighted by Gasteiger charge is 2.55. The summed E-state index contributed by atoms with van der Waals surface area (Å²) in [6.07, 6.45) is 3.19. The molecule has 6 heteroatoms. The number of carbonyl (C=O) groups excluding carboxylic acids is 1. The third kappa shape index (κ3) is 3.05. The summed E-state index contributed by atoms with van der Waals surface area (Å²) in [4.78, 5) is 22.6. The molecule has 0 aliphatic heterocycles. The first kappa shape index (κ1) is 14.8. The van der Waals surface area contributed by atoms with Gasteiger partial charge in [-0.05, 0) is 48.8 Å². The smallest absolute Gasteiger partial charge is 0.315 e. The van der Waals surface area contributed by atoms with Gasteiger partial charge < -0.3 is 15.7 Å². The van der Waals surface area contributed by atoms with Crippen molar-refractivity contribution in [3.05, 3.63) is 35.6 Å². The highest BCUT2D eigenvalue weighted by molar-refractivity contribution is 5.74. The quantitative estimate of drug-likeness (QED) is 0.798. The molecule has 1 aromatic rings. The number of carboxylic acids is 1. The van der Waals surface area contributed by atoms with Crippen molar-refractivity contribution in [3.63, 3.8) is 0 Å². The molecule has 22 heavy (non-hydrogen) atoms. The number of halogens is 1. The lowest BCUT2D eigenvalue weighted by Crippen LogP contribution is -2.58. The fourth-order valence-electron chi connectivity index (χ4n) is 3.60. The molecule has 3 N–H and O–H groups in total. The molecular weight excluding hydrogens is 287 g/mol. The van der Waals surface area contributed by atoms with Crippen LogP contribution in [-0.2, 0) is 11.3 Å². The van der Waals surface area contributed by atoms with E-state index in [9.17, 15) is 14.0 Å². The van der Waals surface area contributed by atoms with E-state index in [1.807, 2.05) is 0 Å². The Labute approximate surface area is 127 Å². The molecule has 0 saturated heterocycles. The van der Waals surface area contributed by atoms with Gasteiger partial charge in [-0.2, -0.15) is 0 Å². The highest BCUT2D eigenvalue weighted by atomic mass is 19.1. The first-order valence-electron chi connectivity index (χ1n) is 7.47. The number of hydrogen-bond acceptors (Lipinski definition) is 2. The molecule has 0 radical (unpaired) electrons. The molecule has 2 amide bonds. The van der Waals surface area contributed by atoms with Gasteiger partial charge >= 0.3 is 12.0 Å². The number of carbonyl (C=O) groups is 2. The third-order valence-electron chi connectivity index (χ3n) is 4.77. The van der Waals surface area contributed by atoms with Gasteiger partial charge in [-0.1, -0.05) is 12.1 Å². The SMILES string of the molecule is O=C(NCc1ccc(F)cc1)NC1CC2(C1)CC(C(=O)O)C2.